The molecule has 0 amide bonds. The lowest BCUT2D eigenvalue weighted by molar-refractivity contribution is 0.0694. The van der Waals surface area contributed by atoms with Crippen LogP contribution in [0.3, 0.4) is 0 Å². The molecule has 0 bridgehead atoms. The van der Waals surface area contributed by atoms with Crippen LogP contribution in [0.15, 0.2) is 18.2 Å². The molecule has 1 aromatic carbocycles. The van der Waals surface area contributed by atoms with Crippen LogP contribution >= 0.6 is 0 Å². The molecule has 0 heterocycles. The van der Waals surface area contributed by atoms with Crippen LogP contribution < -0.4 is 5.19 Å². The number of carbonyl (C=O) groups is 1. The quantitative estimate of drug-likeness (QED) is 0.729. The highest BCUT2D eigenvalue weighted by Gasteiger charge is 2.19. The SMILES string of the molecule is C[Si](C)(C)c1ccc(O)c(C(=O)O)c1. The Bertz CT molecular complexity index is 366. The molecule has 1 aromatic rings. The average Bonchev–Trinajstić information content (AvgIpc) is 2.02. The number of carboxylic acids is 1. The zero-order valence-electron chi connectivity index (χ0n) is 8.53. The van der Waals surface area contributed by atoms with Crippen molar-refractivity contribution in [2.45, 2.75) is 19.6 Å². The first-order valence-electron chi connectivity index (χ1n) is 4.39. The predicted molar refractivity (Wildman–Crippen MR) is 58.0 cm³/mol. The largest absolute Gasteiger partial charge is 0.507 e. The van der Waals surface area contributed by atoms with Gasteiger partial charge in [-0.25, -0.2) is 4.79 Å². The second-order valence-corrected chi connectivity index (χ2v) is 9.36. The topological polar surface area (TPSA) is 57.5 Å². The number of aromatic hydroxyl groups is 1. The van der Waals surface area contributed by atoms with Crippen LogP contribution in [0.2, 0.25) is 19.6 Å². The summed E-state index contributed by atoms with van der Waals surface area (Å²) in [5.41, 5.74) is -0.00933. The molecule has 0 atom stereocenters. The van der Waals surface area contributed by atoms with Crippen molar-refractivity contribution in [3.63, 3.8) is 0 Å². The third-order valence-electron chi connectivity index (χ3n) is 2.09. The zero-order valence-corrected chi connectivity index (χ0v) is 9.53. The summed E-state index contributed by atoms with van der Waals surface area (Å²) < 4.78 is 0. The number of benzene rings is 1. The average molecular weight is 210 g/mol. The van der Waals surface area contributed by atoms with Crippen molar-refractivity contribution >= 4 is 19.2 Å². The van der Waals surface area contributed by atoms with Gasteiger partial charge in [-0.05, 0) is 12.1 Å². The monoisotopic (exact) mass is 210 g/mol. The molecule has 76 valence electrons. The minimum Gasteiger partial charge on any atom is -0.507 e. The minimum absolute atomic E-state index is 0.00933. The van der Waals surface area contributed by atoms with Gasteiger partial charge < -0.3 is 10.2 Å². The van der Waals surface area contributed by atoms with E-state index in [1.807, 2.05) is 0 Å². The van der Waals surface area contributed by atoms with E-state index in [1.165, 1.54) is 6.07 Å². The molecule has 0 radical (unpaired) electrons. The van der Waals surface area contributed by atoms with Crippen molar-refractivity contribution in [2.24, 2.45) is 0 Å². The van der Waals surface area contributed by atoms with E-state index in [4.69, 9.17) is 5.11 Å². The maximum absolute atomic E-state index is 10.8. The Kier molecular flexibility index (Phi) is 2.66. The van der Waals surface area contributed by atoms with E-state index < -0.39 is 14.0 Å². The molecule has 0 aliphatic rings. The van der Waals surface area contributed by atoms with Crippen LogP contribution in [0.4, 0.5) is 0 Å². The molecular formula is C10H14O3Si. The van der Waals surface area contributed by atoms with Gasteiger partial charge in [0, 0.05) is 0 Å². The molecule has 1 rings (SSSR count). The Labute approximate surface area is 84.0 Å². The number of carboxylic acid groups (broad SMARTS) is 1. The van der Waals surface area contributed by atoms with Crippen molar-refractivity contribution in [2.75, 3.05) is 0 Å². The lowest BCUT2D eigenvalue weighted by Gasteiger charge is -2.17. The van der Waals surface area contributed by atoms with Gasteiger partial charge in [-0.15, -0.1) is 0 Å². The Morgan fingerprint density at radius 1 is 1.29 bits per heavy atom. The summed E-state index contributed by atoms with van der Waals surface area (Å²) in [5.74, 6) is -1.25. The number of phenols is 1. The Hall–Kier alpha value is -1.29. The summed E-state index contributed by atoms with van der Waals surface area (Å²) >= 11 is 0. The summed E-state index contributed by atoms with van der Waals surface area (Å²) in [6.07, 6.45) is 0. The Morgan fingerprint density at radius 3 is 2.29 bits per heavy atom. The minimum atomic E-state index is -1.51. The van der Waals surface area contributed by atoms with Gasteiger partial charge in [0.25, 0.3) is 0 Å². The molecular weight excluding hydrogens is 196 g/mol. The highest BCUT2D eigenvalue weighted by Crippen LogP contribution is 2.16. The zero-order chi connectivity index (χ0) is 10.9. The fourth-order valence-electron chi connectivity index (χ4n) is 1.17. The molecule has 14 heavy (non-hydrogen) atoms. The number of rotatable bonds is 2. The van der Waals surface area contributed by atoms with Gasteiger partial charge in [0.1, 0.15) is 11.3 Å². The standard InChI is InChI=1S/C10H14O3Si/c1-14(2,3)7-4-5-9(11)8(6-7)10(12)13/h4-6,11H,1-3H3,(H,12,13). The van der Waals surface area contributed by atoms with Crippen LogP contribution in [-0.4, -0.2) is 24.3 Å². The molecule has 0 saturated carbocycles. The van der Waals surface area contributed by atoms with E-state index in [9.17, 15) is 9.90 Å². The maximum atomic E-state index is 10.8. The summed E-state index contributed by atoms with van der Waals surface area (Å²) in [4.78, 5) is 10.8. The molecule has 0 aromatic heterocycles. The molecule has 3 nitrogen and oxygen atoms in total. The Balaban J connectivity index is 3.27. The number of hydrogen-bond donors (Lipinski definition) is 2. The van der Waals surface area contributed by atoms with Gasteiger partial charge >= 0.3 is 5.97 Å². The van der Waals surface area contributed by atoms with Crippen LogP contribution in [-0.2, 0) is 0 Å². The molecule has 0 aliphatic heterocycles. The number of aromatic carboxylic acids is 1. The van der Waals surface area contributed by atoms with Gasteiger partial charge in [0.05, 0.1) is 8.07 Å². The van der Waals surface area contributed by atoms with Crippen molar-refractivity contribution < 1.29 is 15.0 Å². The van der Waals surface area contributed by atoms with Crippen LogP contribution in [0.1, 0.15) is 10.4 Å². The van der Waals surface area contributed by atoms with Gasteiger partial charge in [-0.2, -0.15) is 0 Å². The van der Waals surface area contributed by atoms with Crippen LogP contribution in [0.25, 0.3) is 0 Å². The van der Waals surface area contributed by atoms with Crippen LogP contribution in [0, 0.1) is 0 Å². The van der Waals surface area contributed by atoms with Crippen molar-refractivity contribution in [1.29, 1.82) is 0 Å². The molecule has 4 heteroatoms. The van der Waals surface area contributed by atoms with Crippen molar-refractivity contribution in [3.05, 3.63) is 23.8 Å². The van der Waals surface area contributed by atoms with Gasteiger partial charge in [0.15, 0.2) is 0 Å². The molecule has 0 spiro atoms. The first-order chi connectivity index (χ1) is 6.32. The molecule has 0 unspecified atom stereocenters. The van der Waals surface area contributed by atoms with Gasteiger partial charge in [-0.3, -0.25) is 0 Å². The number of hydrogen-bond acceptors (Lipinski definition) is 2. The summed E-state index contributed by atoms with van der Waals surface area (Å²) in [6, 6.07) is 4.83. The van der Waals surface area contributed by atoms with Crippen molar-refractivity contribution in [1.82, 2.24) is 0 Å². The van der Waals surface area contributed by atoms with E-state index in [0.717, 1.165) is 5.19 Å². The predicted octanol–water partition coefficient (Wildman–Crippen LogP) is 1.64. The van der Waals surface area contributed by atoms with E-state index >= 15 is 0 Å². The fraction of sp³-hybridized carbons (Fsp3) is 0.300. The molecule has 0 aliphatic carbocycles. The van der Waals surface area contributed by atoms with Gasteiger partial charge in [0.2, 0.25) is 0 Å². The molecule has 2 N–H and O–H groups in total. The van der Waals surface area contributed by atoms with Crippen molar-refractivity contribution in [3.8, 4) is 5.75 Å². The van der Waals surface area contributed by atoms with E-state index in [1.54, 1.807) is 12.1 Å². The van der Waals surface area contributed by atoms with E-state index in [0.29, 0.717) is 0 Å². The first-order valence-corrected chi connectivity index (χ1v) is 7.89. The smallest absolute Gasteiger partial charge is 0.339 e. The molecule has 0 fully saturated rings. The summed E-state index contributed by atoms with van der Waals surface area (Å²) in [7, 11) is -1.51. The third-order valence-corrected chi connectivity index (χ3v) is 4.14. The van der Waals surface area contributed by atoms with Gasteiger partial charge in [-0.1, -0.05) is 30.9 Å². The normalized spacial score (nSPS) is 11.4. The van der Waals surface area contributed by atoms with E-state index in [2.05, 4.69) is 19.6 Å². The molecule has 0 saturated heterocycles. The summed E-state index contributed by atoms with van der Waals surface area (Å²) in [5, 5.41) is 19.2. The third kappa shape index (κ3) is 2.14. The fourth-order valence-corrected chi connectivity index (χ4v) is 2.33. The first kappa shape index (κ1) is 10.8. The highest BCUT2D eigenvalue weighted by atomic mass is 28.3. The lowest BCUT2D eigenvalue weighted by Crippen LogP contribution is -2.37. The summed E-state index contributed by atoms with van der Waals surface area (Å²) in [6.45, 7) is 6.39. The highest BCUT2D eigenvalue weighted by molar-refractivity contribution is 6.88. The van der Waals surface area contributed by atoms with Crippen LogP contribution in [0.5, 0.6) is 5.75 Å². The second kappa shape index (κ2) is 3.46. The maximum Gasteiger partial charge on any atom is 0.339 e. The Morgan fingerprint density at radius 2 is 1.86 bits per heavy atom. The second-order valence-electron chi connectivity index (χ2n) is 4.29. The lowest BCUT2D eigenvalue weighted by atomic mass is 10.2. The van der Waals surface area contributed by atoms with E-state index in [-0.39, 0.29) is 11.3 Å².